The molecule has 1 N–H and O–H groups in total. The maximum absolute atomic E-state index is 12.6. The van der Waals surface area contributed by atoms with E-state index in [-0.39, 0.29) is 11.9 Å². The average molecular weight is 428 g/mol. The van der Waals surface area contributed by atoms with E-state index in [1.165, 1.54) is 16.7 Å². The molecule has 1 aliphatic carbocycles. The van der Waals surface area contributed by atoms with Gasteiger partial charge in [0.1, 0.15) is 0 Å². The lowest BCUT2D eigenvalue weighted by Gasteiger charge is -2.27. The molecule has 0 aromatic heterocycles. The molecular formula is C23H25NO3S2. The number of hydrogen-bond acceptors (Lipinski definition) is 5. The Labute approximate surface area is 180 Å². The second-order valence-electron chi connectivity index (χ2n) is 7.40. The van der Waals surface area contributed by atoms with Crippen molar-refractivity contribution in [1.29, 1.82) is 0 Å². The number of rotatable bonds is 5. The number of thioether (sulfide) groups is 2. The zero-order valence-corrected chi connectivity index (χ0v) is 18.1. The number of fused-ring (bicyclic) bond motifs is 1. The molecule has 1 fully saturated rings. The van der Waals surface area contributed by atoms with Gasteiger partial charge in [-0.25, -0.2) is 4.79 Å². The SMILES string of the molecule is CC(OC(=O)c1ccc(C2SCCS2)cc1)C(=O)NC1CCCc2ccccc21. The highest BCUT2D eigenvalue weighted by atomic mass is 32.2. The van der Waals surface area contributed by atoms with Crippen molar-refractivity contribution < 1.29 is 14.3 Å². The summed E-state index contributed by atoms with van der Waals surface area (Å²) in [7, 11) is 0. The van der Waals surface area contributed by atoms with Crippen LogP contribution in [-0.4, -0.2) is 29.5 Å². The number of esters is 1. The summed E-state index contributed by atoms with van der Waals surface area (Å²) in [6.07, 6.45) is 2.15. The van der Waals surface area contributed by atoms with Crippen molar-refractivity contribution >= 4 is 35.4 Å². The molecule has 2 aliphatic rings. The van der Waals surface area contributed by atoms with Gasteiger partial charge >= 0.3 is 5.97 Å². The van der Waals surface area contributed by atoms with Gasteiger partial charge in [-0.15, -0.1) is 23.5 Å². The van der Waals surface area contributed by atoms with Crippen LogP contribution in [-0.2, 0) is 16.0 Å². The van der Waals surface area contributed by atoms with E-state index in [1.807, 2.05) is 47.8 Å². The summed E-state index contributed by atoms with van der Waals surface area (Å²) < 4.78 is 5.88. The fourth-order valence-electron chi connectivity index (χ4n) is 3.80. The van der Waals surface area contributed by atoms with Crippen LogP contribution in [0.3, 0.4) is 0 Å². The molecule has 0 saturated carbocycles. The van der Waals surface area contributed by atoms with Crippen LogP contribution in [0, 0.1) is 0 Å². The van der Waals surface area contributed by atoms with E-state index in [0.717, 1.165) is 30.8 Å². The number of hydrogen-bond donors (Lipinski definition) is 1. The number of nitrogens with one attached hydrogen (secondary N) is 1. The normalized spacial score (nSPS) is 20.0. The van der Waals surface area contributed by atoms with Crippen LogP contribution in [0.2, 0.25) is 0 Å². The molecule has 1 heterocycles. The summed E-state index contributed by atoms with van der Waals surface area (Å²) >= 11 is 3.86. The molecule has 6 heteroatoms. The Hall–Kier alpha value is -1.92. The van der Waals surface area contributed by atoms with Gasteiger partial charge in [-0.05, 0) is 55.0 Å². The molecule has 1 aliphatic heterocycles. The van der Waals surface area contributed by atoms with Gasteiger partial charge in [0.15, 0.2) is 6.10 Å². The fraction of sp³-hybridized carbons (Fsp3) is 0.391. The van der Waals surface area contributed by atoms with Crippen molar-refractivity contribution in [2.45, 2.75) is 42.9 Å². The molecule has 1 amide bonds. The zero-order valence-electron chi connectivity index (χ0n) is 16.4. The quantitative estimate of drug-likeness (QED) is 0.688. The highest BCUT2D eigenvalue weighted by Crippen LogP contribution is 2.45. The first-order valence-electron chi connectivity index (χ1n) is 10.0. The van der Waals surface area contributed by atoms with E-state index in [1.54, 1.807) is 19.1 Å². The van der Waals surface area contributed by atoms with E-state index in [0.29, 0.717) is 10.1 Å². The van der Waals surface area contributed by atoms with Crippen LogP contribution in [0.5, 0.6) is 0 Å². The minimum atomic E-state index is -0.836. The standard InChI is InChI=1S/C23H25NO3S2/c1-15(21(25)24-20-8-4-6-16-5-2-3-7-19(16)20)27-22(26)17-9-11-18(12-10-17)23-28-13-14-29-23/h2-3,5,7,9-12,15,20,23H,4,6,8,13-14H2,1H3,(H,24,25). The van der Waals surface area contributed by atoms with E-state index in [2.05, 4.69) is 17.4 Å². The monoisotopic (exact) mass is 427 g/mol. The number of aryl methyl sites for hydroxylation is 1. The Morgan fingerprint density at radius 1 is 1.07 bits per heavy atom. The van der Waals surface area contributed by atoms with Gasteiger partial charge in [0, 0.05) is 11.5 Å². The third-order valence-electron chi connectivity index (χ3n) is 5.38. The van der Waals surface area contributed by atoms with Gasteiger partial charge in [0.25, 0.3) is 5.91 Å². The van der Waals surface area contributed by atoms with Crippen molar-refractivity contribution in [1.82, 2.24) is 5.32 Å². The molecule has 2 unspecified atom stereocenters. The van der Waals surface area contributed by atoms with Gasteiger partial charge in [-0.3, -0.25) is 4.79 Å². The molecular weight excluding hydrogens is 402 g/mol. The molecule has 0 bridgehead atoms. The minimum absolute atomic E-state index is 0.0192. The summed E-state index contributed by atoms with van der Waals surface area (Å²) in [5.41, 5.74) is 4.15. The Morgan fingerprint density at radius 3 is 2.55 bits per heavy atom. The molecule has 4 rings (SSSR count). The number of ether oxygens (including phenoxy) is 1. The zero-order chi connectivity index (χ0) is 20.2. The first kappa shape index (κ1) is 20.4. The van der Waals surface area contributed by atoms with Crippen LogP contribution in [0.4, 0.5) is 0 Å². The van der Waals surface area contributed by atoms with Gasteiger partial charge in [-0.1, -0.05) is 36.4 Å². The Morgan fingerprint density at radius 2 is 1.79 bits per heavy atom. The van der Waals surface area contributed by atoms with E-state index in [4.69, 9.17) is 4.74 Å². The molecule has 29 heavy (non-hydrogen) atoms. The van der Waals surface area contributed by atoms with Crippen molar-refractivity contribution in [3.05, 3.63) is 70.8 Å². The maximum atomic E-state index is 12.6. The minimum Gasteiger partial charge on any atom is -0.449 e. The Kier molecular flexibility index (Phi) is 6.50. The van der Waals surface area contributed by atoms with Crippen LogP contribution in [0.25, 0.3) is 0 Å². The summed E-state index contributed by atoms with van der Waals surface area (Å²) in [6.45, 7) is 1.63. The Bertz CT molecular complexity index is 878. The van der Waals surface area contributed by atoms with Crippen molar-refractivity contribution in [2.24, 2.45) is 0 Å². The topological polar surface area (TPSA) is 55.4 Å². The van der Waals surface area contributed by atoms with Crippen LogP contribution < -0.4 is 5.32 Å². The van der Waals surface area contributed by atoms with Crippen LogP contribution >= 0.6 is 23.5 Å². The molecule has 2 atom stereocenters. The van der Waals surface area contributed by atoms with Crippen LogP contribution in [0.1, 0.15) is 57.4 Å². The van der Waals surface area contributed by atoms with E-state index in [9.17, 15) is 9.59 Å². The largest absolute Gasteiger partial charge is 0.449 e. The smallest absolute Gasteiger partial charge is 0.338 e. The lowest BCUT2D eigenvalue weighted by Crippen LogP contribution is -2.39. The molecule has 0 radical (unpaired) electrons. The second kappa shape index (κ2) is 9.26. The summed E-state index contributed by atoms with van der Waals surface area (Å²) in [6, 6.07) is 15.7. The summed E-state index contributed by atoms with van der Waals surface area (Å²) in [4.78, 5) is 25.1. The van der Waals surface area contributed by atoms with Gasteiger partial charge in [0.05, 0.1) is 16.2 Å². The fourth-order valence-corrected chi connectivity index (χ4v) is 6.66. The molecule has 2 aromatic carbocycles. The number of amides is 1. The third kappa shape index (κ3) is 4.81. The molecule has 1 saturated heterocycles. The Balaban J connectivity index is 1.34. The lowest BCUT2D eigenvalue weighted by atomic mass is 9.87. The number of benzene rings is 2. The lowest BCUT2D eigenvalue weighted by molar-refractivity contribution is -0.130. The summed E-state index contributed by atoms with van der Waals surface area (Å²) in [5.74, 6) is 1.61. The van der Waals surface area contributed by atoms with Gasteiger partial charge < -0.3 is 10.1 Å². The highest BCUT2D eigenvalue weighted by Gasteiger charge is 2.26. The molecule has 152 valence electrons. The third-order valence-corrected chi connectivity index (χ3v) is 8.48. The van der Waals surface area contributed by atoms with Crippen molar-refractivity contribution in [3.8, 4) is 0 Å². The van der Waals surface area contributed by atoms with E-state index < -0.39 is 12.1 Å². The average Bonchev–Trinajstić information content (AvgIpc) is 3.29. The number of carbonyl (C=O) groups excluding carboxylic acids is 2. The van der Waals surface area contributed by atoms with Crippen LogP contribution in [0.15, 0.2) is 48.5 Å². The predicted octanol–water partition coefficient (Wildman–Crippen LogP) is 4.90. The van der Waals surface area contributed by atoms with Crippen molar-refractivity contribution in [3.63, 3.8) is 0 Å². The van der Waals surface area contributed by atoms with E-state index >= 15 is 0 Å². The first-order chi connectivity index (χ1) is 14.1. The highest BCUT2D eigenvalue weighted by molar-refractivity contribution is 8.19. The van der Waals surface area contributed by atoms with Gasteiger partial charge in [-0.2, -0.15) is 0 Å². The molecule has 0 spiro atoms. The number of carbonyl (C=O) groups is 2. The molecule has 2 aromatic rings. The van der Waals surface area contributed by atoms with Crippen molar-refractivity contribution in [2.75, 3.05) is 11.5 Å². The predicted molar refractivity (Wildman–Crippen MR) is 119 cm³/mol. The first-order valence-corrected chi connectivity index (χ1v) is 12.1. The molecule has 4 nitrogen and oxygen atoms in total. The second-order valence-corrected chi connectivity index (χ2v) is 10.1. The maximum Gasteiger partial charge on any atom is 0.338 e. The summed E-state index contributed by atoms with van der Waals surface area (Å²) in [5, 5.41) is 3.06. The van der Waals surface area contributed by atoms with Gasteiger partial charge in [0.2, 0.25) is 0 Å².